The van der Waals surface area contributed by atoms with Crippen LogP contribution >= 0.6 is 0 Å². The number of ether oxygens (including phenoxy) is 2. The molecule has 0 aromatic carbocycles. The summed E-state index contributed by atoms with van der Waals surface area (Å²) < 4.78 is 45.2. The van der Waals surface area contributed by atoms with Gasteiger partial charge in [-0.25, -0.2) is 0 Å². The van der Waals surface area contributed by atoms with Crippen molar-refractivity contribution in [2.45, 2.75) is 19.8 Å². The SMILES string of the molecule is COc1c(C)cnc(CN)c1OC(F)(F)F. The minimum absolute atomic E-state index is 0.000208. The molecule has 1 rings (SSSR count). The lowest BCUT2D eigenvalue weighted by atomic mass is 10.2. The highest BCUT2D eigenvalue weighted by molar-refractivity contribution is 5.47. The minimum Gasteiger partial charge on any atom is -0.492 e. The van der Waals surface area contributed by atoms with Crippen LogP contribution in [0.2, 0.25) is 0 Å². The first-order valence-corrected chi connectivity index (χ1v) is 4.37. The molecule has 2 N–H and O–H groups in total. The van der Waals surface area contributed by atoms with Gasteiger partial charge in [0.1, 0.15) is 5.69 Å². The summed E-state index contributed by atoms with van der Waals surface area (Å²) in [7, 11) is 1.26. The number of hydrogen-bond donors (Lipinski definition) is 1. The number of methoxy groups -OCH3 is 1. The fourth-order valence-corrected chi connectivity index (χ4v) is 1.22. The number of rotatable bonds is 3. The van der Waals surface area contributed by atoms with E-state index < -0.39 is 12.1 Å². The number of hydrogen-bond acceptors (Lipinski definition) is 4. The Balaban J connectivity index is 3.25. The van der Waals surface area contributed by atoms with Crippen LogP contribution in [-0.2, 0) is 6.54 Å². The molecule has 1 aromatic rings. The molecule has 0 aliphatic heterocycles. The van der Waals surface area contributed by atoms with Gasteiger partial charge in [-0.15, -0.1) is 13.2 Å². The van der Waals surface area contributed by atoms with Gasteiger partial charge in [-0.05, 0) is 6.92 Å². The molecule has 0 amide bonds. The summed E-state index contributed by atoms with van der Waals surface area (Å²) in [5, 5.41) is 0. The zero-order chi connectivity index (χ0) is 12.3. The zero-order valence-corrected chi connectivity index (χ0v) is 8.76. The fraction of sp³-hybridized carbons (Fsp3) is 0.444. The molecule has 1 aromatic heterocycles. The third kappa shape index (κ3) is 2.75. The first kappa shape index (κ1) is 12.6. The maximum Gasteiger partial charge on any atom is 0.573 e. The van der Waals surface area contributed by atoms with E-state index >= 15 is 0 Å². The van der Waals surface area contributed by atoms with Crippen LogP contribution in [0.5, 0.6) is 11.5 Å². The Kier molecular flexibility index (Phi) is 3.58. The van der Waals surface area contributed by atoms with E-state index in [4.69, 9.17) is 10.5 Å². The molecule has 90 valence electrons. The predicted octanol–water partition coefficient (Wildman–Crippen LogP) is 1.76. The van der Waals surface area contributed by atoms with Crippen molar-refractivity contribution < 1.29 is 22.6 Å². The van der Waals surface area contributed by atoms with Crippen molar-refractivity contribution in [3.63, 3.8) is 0 Å². The summed E-state index contributed by atoms with van der Waals surface area (Å²) >= 11 is 0. The van der Waals surface area contributed by atoms with Crippen LogP contribution in [0, 0.1) is 6.92 Å². The van der Waals surface area contributed by atoms with Gasteiger partial charge in [-0.1, -0.05) is 0 Å². The van der Waals surface area contributed by atoms with Crippen LogP contribution < -0.4 is 15.2 Å². The Hall–Kier alpha value is -1.50. The number of nitrogens with two attached hydrogens (primary N) is 1. The Morgan fingerprint density at radius 2 is 2.00 bits per heavy atom. The van der Waals surface area contributed by atoms with E-state index in [9.17, 15) is 13.2 Å². The van der Waals surface area contributed by atoms with E-state index in [1.807, 2.05) is 0 Å². The smallest absolute Gasteiger partial charge is 0.492 e. The molecule has 0 radical (unpaired) electrons. The molecule has 0 saturated carbocycles. The average molecular weight is 236 g/mol. The number of alkyl halides is 3. The van der Waals surface area contributed by atoms with E-state index in [-0.39, 0.29) is 18.0 Å². The second-order valence-corrected chi connectivity index (χ2v) is 3.00. The van der Waals surface area contributed by atoms with Crippen molar-refractivity contribution in [3.05, 3.63) is 17.5 Å². The maximum absolute atomic E-state index is 12.2. The van der Waals surface area contributed by atoms with E-state index in [0.717, 1.165) is 0 Å². The van der Waals surface area contributed by atoms with Gasteiger partial charge < -0.3 is 15.2 Å². The van der Waals surface area contributed by atoms with Gasteiger partial charge in [-0.3, -0.25) is 4.98 Å². The van der Waals surface area contributed by atoms with Crippen LogP contribution in [0.25, 0.3) is 0 Å². The summed E-state index contributed by atoms with van der Waals surface area (Å²) in [4.78, 5) is 3.76. The summed E-state index contributed by atoms with van der Waals surface area (Å²) in [6, 6.07) is 0. The summed E-state index contributed by atoms with van der Waals surface area (Å²) in [5.74, 6) is -0.481. The van der Waals surface area contributed by atoms with Crippen LogP contribution in [0.15, 0.2) is 6.20 Å². The van der Waals surface area contributed by atoms with Gasteiger partial charge >= 0.3 is 6.36 Å². The van der Waals surface area contributed by atoms with Crippen LogP contribution in [-0.4, -0.2) is 18.5 Å². The van der Waals surface area contributed by atoms with Gasteiger partial charge in [-0.2, -0.15) is 0 Å². The van der Waals surface area contributed by atoms with Gasteiger partial charge in [0.05, 0.1) is 7.11 Å². The first-order valence-electron chi connectivity index (χ1n) is 4.37. The van der Waals surface area contributed by atoms with Gasteiger partial charge in [0.15, 0.2) is 11.5 Å². The topological polar surface area (TPSA) is 57.4 Å². The number of aryl methyl sites for hydroxylation is 1. The third-order valence-corrected chi connectivity index (χ3v) is 1.86. The second-order valence-electron chi connectivity index (χ2n) is 3.00. The Bertz CT molecular complexity index is 380. The number of nitrogens with zero attached hydrogens (tertiary/aromatic N) is 1. The standard InChI is InChI=1S/C9H11F3N2O2/c1-5-4-14-6(3-13)8(7(5)15-2)16-9(10,11)12/h4H,3,13H2,1-2H3. The molecule has 1 heterocycles. The van der Waals surface area contributed by atoms with Gasteiger partial charge in [0.2, 0.25) is 0 Å². The van der Waals surface area contributed by atoms with Gasteiger partial charge in [0.25, 0.3) is 0 Å². The van der Waals surface area contributed by atoms with E-state index in [0.29, 0.717) is 5.56 Å². The fourth-order valence-electron chi connectivity index (χ4n) is 1.22. The van der Waals surface area contributed by atoms with Crippen molar-refractivity contribution in [3.8, 4) is 11.5 Å². The minimum atomic E-state index is -4.80. The first-order chi connectivity index (χ1) is 7.39. The largest absolute Gasteiger partial charge is 0.573 e. The van der Waals surface area contributed by atoms with Crippen LogP contribution in [0.4, 0.5) is 13.2 Å². The number of aromatic nitrogens is 1. The summed E-state index contributed by atoms with van der Waals surface area (Å²) in [6.07, 6.45) is -3.42. The summed E-state index contributed by atoms with van der Waals surface area (Å²) in [6.45, 7) is 1.40. The van der Waals surface area contributed by atoms with Crippen molar-refractivity contribution in [1.29, 1.82) is 0 Å². The molecule has 0 unspecified atom stereocenters. The molecule has 4 nitrogen and oxygen atoms in total. The number of halogens is 3. The van der Waals surface area contributed by atoms with E-state index in [1.165, 1.54) is 13.3 Å². The molecular formula is C9H11F3N2O2. The highest BCUT2D eigenvalue weighted by atomic mass is 19.4. The molecule has 0 saturated heterocycles. The predicted molar refractivity (Wildman–Crippen MR) is 50.1 cm³/mol. The number of pyridine rings is 1. The molecule has 7 heteroatoms. The highest BCUT2D eigenvalue weighted by Gasteiger charge is 2.34. The maximum atomic E-state index is 12.2. The molecule has 16 heavy (non-hydrogen) atoms. The molecule has 0 spiro atoms. The lowest BCUT2D eigenvalue weighted by Gasteiger charge is -2.16. The van der Waals surface area contributed by atoms with Crippen LogP contribution in [0.3, 0.4) is 0 Å². The van der Waals surface area contributed by atoms with Crippen molar-refractivity contribution in [2.24, 2.45) is 5.73 Å². The summed E-state index contributed by atoms with van der Waals surface area (Å²) in [5.41, 5.74) is 5.72. The Morgan fingerprint density at radius 3 is 2.44 bits per heavy atom. The molecule has 0 atom stereocenters. The van der Waals surface area contributed by atoms with Crippen molar-refractivity contribution >= 4 is 0 Å². The van der Waals surface area contributed by atoms with E-state index in [2.05, 4.69) is 9.72 Å². The van der Waals surface area contributed by atoms with Gasteiger partial charge in [0, 0.05) is 18.3 Å². The Labute approximate surface area is 90.2 Å². The van der Waals surface area contributed by atoms with Crippen molar-refractivity contribution in [1.82, 2.24) is 4.98 Å². The van der Waals surface area contributed by atoms with Crippen LogP contribution in [0.1, 0.15) is 11.3 Å². The molecular weight excluding hydrogens is 225 g/mol. The third-order valence-electron chi connectivity index (χ3n) is 1.86. The lowest BCUT2D eigenvalue weighted by Crippen LogP contribution is -2.20. The Morgan fingerprint density at radius 1 is 1.38 bits per heavy atom. The monoisotopic (exact) mass is 236 g/mol. The molecule has 0 bridgehead atoms. The molecule has 0 aliphatic rings. The lowest BCUT2D eigenvalue weighted by molar-refractivity contribution is -0.275. The second kappa shape index (κ2) is 4.56. The van der Waals surface area contributed by atoms with Crippen molar-refractivity contribution in [2.75, 3.05) is 7.11 Å². The van der Waals surface area contributed by atoms with E-state index in [1.54, 1.807) is 6.92 Å². The molecule has 0 fully saturated rings. The average Bonchev–Trinajstić information content (AvgIpc) is 2.16. The quantitative estimate of drug-likeness (QED) is 0.868. The highest BCUT2D eigenvalue weighted by Crippen LogP contribution is 2.36. The molecule has 0 aliphatic carbocycles. The normalized spacial score (nSPS) is 11.4. The zero-order valence-electron chi connectivity index (χ0n) is 8.76.